The third kappa shape index (κ3) is 2.82. The van der Waals surface area contributed by atoms with Gasteiger partial charge >= 0.3 is 5.97 Å². The molecule has 3 heteroatoms. The Labute approximate surface area is 104 Å². The van der Waals surface area contributed by atoms with Crippen LogP contribution in [0.5, 0.6) is 0 Å². The lowest BCUT2D eigenvalue weighted by Crippen LogP contribution is -2.49. The molecular weight excluding hydrogens is 214 g/mol. The van der Waals surface area contributed by atoms with E-state index < -0.39 is 11.5 Å². The van der Waals surface area contributed by atoms with Crippen molar-refractivity contribution in [3.05, 3.63) is 0 Å². The Morgan fingerprint density at radius 3 is 2.47 bits per heavy atom. The molecule has 3 nitrogen and oxygen atoms in total. The average Bonchev–Trinajstić information content (AvgIpc) is 2.53. The standard InChI is InChI=1S/C14H25NO2/c1-14(13(16)17)9-6-10-15(14)11-12-7-4-2-3-5-8-12/h12H,2-11H2,1H3,(H,16,17). The van der Waals surface area contributed by atoms with E-state index in [4.69, 9.17) is 0 Å². The first-order valence-electron chi connectivity index (χ1n) is 7.11. The zero-order chi connectivity index (χ0) is 12.3. The van der Waals surface area contributed by atoms with Gasteiger partial charge in [-0.1, -0.05) is 25.7 Å². The normalized spacial score (nSPS) is 32.5. The molecule has 1 saturated heterocycles. The van der Waals surface area contributed by atoms with E-state index in [0.717, 1.165) is 31.8 Å². The number of carboxylic acid groups (broad SMARTS) is 1. The Morgan fingerprint density at radius 2 is 1.88 bits per heavy atom. The number of nitrogens with zero attached hydrogens (tertiary/aromatic N) is 1. The van der Waals surface area contributed by atoms with E-state index in [9.17, 15) is 9.90 Å². The average molecular weight is 239 g/mol. The van der Waals surface area contributed by atoms with Crippen molar-refractivity contribution in [3.8, 4) is 0 Å². The van der Waals surface area contributed by atoms with Gasteiger partial charge in [-0.15, -0.1) is 0 Å². The van der Waals surface area contributed by atoms with Crippen LogP contribution in [0, 0.1) is 5.92 Å². The number of hydrogen-bond acceptors (Lipinski definition) is 2. The number of rotatable bonds is 3. The lowest BCUT2D eigenvalue weighted by molar-refractivity contribution is -0.149. The summed E-state index contributed by atoms with van der Waals surface area (Å²) in [6, 6.07) is 0. The SMILES string of the molecule is CC1(C(=O)O)CCCN1CC1CCCCCC1. The Balaban J connectivity index is 1.95. The third-order valence-corrected chi connectivity index (χ3v) is 4.70. The van der Waals surface area contributed by atoms with Crippen LogP contribution in [0.25, 0.3) is 0 Å². The number of carbonyl (C=O) groups is 1. The Morgan fingerprint density at radius 1 is 1.24 bits per heavy atom. The molecule has 1 atom stereocenters. The second-order valence-corrected chi connectivity index (χ2v) is 5.99. The Kier molecular flexibility index (Phi) is 4.08. The Hall–Kier alpha value is -0.570. The second kappa shape index (κ2) is 5.38. The van der Waals surface area contributed by atoms with E-state index >= 15 is 0 Å². The summed E-state index contributed by atoms with van der Waals surface area (Å²) in [4.78, 5) is 13.6. The predicted octanol–water partition coefficient (Wildman–Crippen LogP) is 2.90. The predicted molar refractivity (Wildman–Crippen MR) is 68.0 cm³/mol. The summed E-state index contributed by atoms with van der Waals surface area (Å²) in [5.41, 5.74) is -0.591. The molecule has 1 aliphatic carbocycles. The molecule has 0 bridgehead atoms. The van der Waals surface area contributed by atoms with E-state index in [0.29, 0.717) is 0 Å². The molecule has 1 N–H and O–H groups in total. The van der Waals surface area contributed by atoms with Crippen LogP contribution in [0.4, 0.5) is 0 Å². The highest BCUT2D eigenvalue weighted by Gasteiger charge is 2.43. The fourth-order valence-corrected chi connectivity index (χ4v) is 3.41. The van der Waals surface area contributed by atoms with E-state index in [-0.39, 0.29) is 0 Å². The van der Waals surface area contributed by atoms with Crippen LogP contribution >= 0.6 is 0 Å². The van der Waals surface area contributed by atoms with Gasteiger partial charge in [-0.2, -0.15) is 0 Å². The molecule has 1 heterocycles. The van der Waals surface area contributed by atoms with Crippen molar-refractivity contribution in [1.82, 2.24) is 4.90 Å². The molecule has 0 aromatic heterocycles. The maximum atomic E-state index is 11.4. The van der Waals surface area contributed by atoms with Gasteiger partial charge in [0, 0.05) is 6.54 Å². The van der Waals surface area contributed by atoms with Crippen LogP contribution < -0.4 is 0 Å². The van der Waals surface area contributed by atoms with Gasteiger partial charge < -0.3 is 5.11 Å². The maximum Gasteiger partial charge on any atom is 0.323 e. The number of likely N-dealkylation sites (tertiary alicyclic amines) is 1. The zero-order valence-corrected chi connectivity index (χ0v) is 11.0. The highest BCUT2D eigenvalue weighted by molar-refractivity contribution is 5.78. The molecule has 2 rings (SSSR count). The fourth-order valence-electron chi connectivity index (χ4n) is 3.41. The highest BCUT2D eigenvalue weighted by Crippen LogP contribution is 2.32. The van der Waals surface area contributed by atoms with Crippen molar-refractivity contribution < 1.29 is 9.90 Å². The molecule has 98 valence electrons. The quantitative estimate of drug-likeness (QED) is 0.770. The van der Waals surface area contributed by atoms with Gasteiger partial charge in [0.05, 0.1) is 0 Å². The Bertz CT molecular complexity index is 271. The first-order chi connectivity index (χ1) is 8.13. The van der Waals surface area contributed by atoms with Crippen molar-refractivity contribution in [2.24, 2.45) is 5.92 Å². The summed E-state index contributed by atoms with van der Waals surface area (Å²) >= 11 is 0. The van der Waals surface area contributed by atoms with Crippen LogP contribution in [0.15, 0.2) is 0 Å². The number of aliphatic carboxylic acids is 1. The van der Waals surface area contributed by atoms with Crippen molar-refractivity contribution >= 4 is 5.97 Å². The largest absolute Gasteiger partial charge is 0.480 e. The topological polar surface area (TPSA) is 40.5 Å². The smallest absolute Gasteiger partial charge is 0.323 e. The van der Waals surface area contributed by atoms with Gasteiger partial charge in [-0.25, -0.2) is 0 Å². The zero-order valence-electron chi connectivity index (χ0n) is 11.0. The monoisotopic (exact) mass is 239 g/mol. The van der Waals surface area contributed by atoms with E-state index in [2.05, 4.69) is 4.90 Å². The molecule has 1 saturated carbocycles. The second-order valence-electron chi connectivity index (χ2n) is 5.99. The minimum Gasteiger partial charge on any atom is -0.480 e. The van der Waals surface area contributed by atoms with Gasteiger partial charge in [-0.3, -0.25) is 9.69 Å². The number of carboxylic acids is 1. The maximum absolute atomic E-state index is 11.4. The van der Waals surface area contributed by atoms with Crippen molar-refractivity contribution in [2.75, 3.05) is 13.1 Å². The van der Waals surface area contributed by atoms with Gasteiger partial charge in [0.15, 0.2) is 0 Å². The van der Waals surface area contributed by atoms with Crippen LogP contribution in [-0.2, 0) is 4.79 Å². The lowest BCUT2D eigenvalue weighted by Gasteiger charge is -2.33. The molecule has 0 amide bonds. The van der Waals surface area contributed by atoms with Gasteiger partial charge in [-0.05, 0) is 45.1 Å². The fraction of sp³-hybridized carbons (Fsp3) is 0.929. The minimum atomic E-state index is -0.636. The van der Waals surface area contributed by atoms with Gasteiger partial charge in [0.2, 0.25) is 0 Å². The molecule has 0 aromatic rings. The molecular formula is C14H25NO2. The van der Waals surface area contributed by atoms with E-state index in [1.807, 2.05) is 6.92 Å². The summed E-state index contributed by atoms with van der Waals surface area (Å²) in [5.74, 6) is 0.0953. The minimum absolute atomic E-state index is 0.591. The van der Waals surface area contributed by atoms with Crippen molar-refractivity contribution in [2.45, 2.75) is 63.8 Å². The van der Waals surface area contributed by atoms with Crippen molar-refractivity contribution in [1.29, 1.82) is 0 Å². The first kappa shape index (κ1) is 12.9. The summed E-state index contributed by atoms with van der Waals surface area (Å²) in [6.45, 7) is 3.88. The molecule has 0 radical (unpaired) electrons. The molecule has 1 unspecified atom stereocenters. The number of hydrogen-bond donors (Lipinski definition) is 1. The molecule has 2 fully saturated rings. The van der Waals surface area contributed by atoms with Crippen molar-refractivity contribution in [3.63, 3.8) is 0 Å². The summed E-state index contributed by atoms with van der Waals surface area (Å²) in [5, 5.41) is 9.39. The molecule has 1 aliphatic heterocycles. The van der Waals surface area contributed by atoms with E-state index in [1.54, 1.807) is 0 Å². The van der Waals surface area contributed by atoms with Gasteiger partial charge in [0.1, 0.15) is 5.54 Å². The lowest BCUT2D eigenvalue weighted by atomic mass is 9.95. The molecule has 2 aliphatic rings. The summed E-state index contributed by atoms with van der Waals surface area (Å²) in [6.07, 6.45) is 9.85. The van der Waals surface area contributed by atoms with Crippen LogP contribution in [0.1, 0.15) is 58.3 Å². The molecule has 0 spiro atoms. The molecule has 0 aromatic carbocycles. The van der Waals surface area contributed by atoms with Crippen LogP contribution in [0.2, 0.25) is 0 Å². The highest BCUT2D eigenvalue weighted by atomic mass is 16.4. The molecule has 17 heavy (non-hydrogen) atoms. The van der Waals surface area contributed by atoms with Gasteiger partial charge in [0.25, 0.3) is 0 Å². The summed E-state index contributed by atoms with van der Waals surface area (Å²) < 4.78 is 0. The first-order valence-corrected chi connectivity index (χ1v) is 7.11. The van der Waals surface area contributed by atoms with E-state index in [1.165, 1.54) is 38.5 Å². The van der Waals surface area contributed by atoms with Crippen LogP contribution in [-0.4, -0.2) is 34.6 Å². The van der Waals surface area contributed by atoms with Crippen LogP contribution in [0.3, 0.4) is 0 Å². The third-order valence-electron chi connectivity index (χ3n) is 4.70. The summed E-state index contributed by atoms with van der Waals surface area (Å²) in [7, 11) is 0.